The van der Waals surface area contributed by atoms with E-state index in [0.717, 1.165) is 31.0 Å². The molecule has 5 nitrogen and oxygen atoms in total. The third kappa shape index (κ3) is 4.25. The topological polar surface area (TPSA) is 38.9 Å². The van der Waals surface area contributed by atoms with Crippen LogP contribution in [0.25, 0.3) is 5.69 Å². The minimum Gasteiger partial charge on any atom is -0.298 e. The summed E-state index contributed by atoms with van der Waals surface area (Å²) in [7, 11) is 2.12. The first kappa shape index (κ1) is 17.2. The molecule has 0 fully saturated rings. The van der Waals surface area contributed by atoms with Crippen molar-refractivity contribution in [2.75, 3.05) is 7.05 Å². The van der Waals surface area contributed by atoms with Crippen LogP contribution in [-0.4, -0.2) is 31.5 Å². The molecule has 0 bridgehead atoms. The van der Waals surface area contributed by atoms with Crippen LogP contribution >= 0.6 is 0 Å². The van der Waals surface area contributed by atoms with E-state index < -0.39 is 0 Å². The highest BCUT2D eigenvalue weighted by Gasteiger charge is 2.09. The molecule has 0 amide bonds. The second-order valence-electron chi connectivity index (χ2n) is 6.55. The SMILES string of the molecule is C=CCn1cc(CN(C)Cc2cnn(-c3cccc(C)c3)c2)c(C)n1. The minimum atomic E-state index is 0.744. The van der Waals surface area contributed by atoms with E-state index in [2.05, 4.69) is 79.2 Å². The minimum absolute atomic E-state index is 0.744. The second-order valence-corrected chi connectivity index (χ2v) is 6.55. The van der Waals surface area contributed by atoms with Crippen molar-refractivity contribution >= 4 is 0 Å². The van der Waals surface area contributed by atoms with Crippen LogP contribution in [0, 0.1) is 13.8 Å². The summed E-state index contributed by atoms with van der Waals surface area (Å²) in [6, 6.07) is 8.36. The molecule has 0 radical (unpaired) electrons. The number of nitrogens with zero attached hydrogens (tertiary/aromatic N) is 5. The summed E-state index contributed by atoms with van der Waals surface area (Å²) in [5, 5.41) is 9.01. The standard InChI is InChI=1S/C20H25N5/c1-5-9-24-15-19(17(3)22-24)14-23(4)12-18-11-21-25(13-18)20-8-6-7-16(2)10-20/h5-8,10-11,13,15H,1,9,12,14H2,2-4H3. The van der Waals surface area contributed by atoms with Gasteiger partial charge in [-0.2, -0.15) is 10.2 Å². The maximum absolute atomic E-state index is 4.51. The van der Waals surface area contributed by atoms with Crippen LogP contribution in [0.2, 0.25) is 0 Å². The molecule has 0 unspecified atom stereocenters. The lowest BCUT2D eigenvalue weighted by Crippen LogP contribution is -2.17. The fourth-order valence-electron chi connectivity index (χ4n) is 2.95. The van der Waals surface area contributed by atoms with Gasteiger partial charge in [-0.15, -0.1) is 6.58 Å². The van der Waals surface area contributed by atoms with Gasteiger partial charge in [0.25, 0.3) is 0 Å². The number of hydrogen-bond acceptors (Lipinski definition) is 3. The molecule has 25 heavy (non-hydrogen) atoms. The van der Waals surface area contributed by atoms with Crippen molar-refractivity contribution in [1.82, 2.24) is 24.5 Å². The maximum Gasteiger partial charge on any atom is 0.0648 e. The molecule has 0 aliphatic carbocycles. The van der Waals surface area contributed by atoms with Gasteiger partial charge in [0.05, 0.1) is 24.1 Å². The molecule has 0 saturated heterocycles. The Morgan fingerprint density at radius 1 is 1.20 bits per heavy atom. The number of rotatable bonds is 7. The smallest absolute Gasteiger partial charge is 0.0648 e. The average molecular weight is 335 g/mol. The summed E-state index contributed by atoms with van der Waals surface area (Å²) in [4.78, 5) is 2.28. The van der Waals surface area contributed by atoms with Crippen LogP contribution in [0.1, 0.15) is 22.4 Å². The van der Waals surface area contributed by atoms with Gasteiger partial charge in [0, 0.05) is 36.6 Å². The highest BCUT2D eigenvalue weighted by atomic mass is 15.3. The fourth-order valence-corrected chi connectivity index (χ4v) is 2.95. The van der Waals surface area contributed by atoms with Crippen molar-refractivity contribution in [3.63, 3.8) is 0 Å². The van der Waals surface area contributed by atoms with Crippen molar-refractivity contribution < 1.29 is 0 Å². The van der Waals surface area contributed by atoms with Crippen molar-refractivity contribution in [2.45, 2.75) is 33.5 Å². The predicted octanol–water partition coefficient (Wildman–Crippen LogP) is 3.50. The molecule has 0 aliphatic rings. The van der Waals surface area contributed by atoms with Crippen molar-refractivity contribution in [2.24, 2.45) is 0 Å². The number of aromatic nitrogens is 4. The van der Waals surface area contributed by atoms with E-state index in [0.29, 0.717) is 0 Å². The summed E-state index contributed by atoms with van der Waals surface area (Å²) in [5.41, 5.74) is 5.84. The van der Waals surface area contributed by atoms with Crippen LogP contribution in [0.4, 0.5) is 0 Å². The Kier molecular flexibility index (Phi) is 5.14. The largest absolute Gasteiger partial charge is 0.298 e. The van der Waals surface area contributed by atoms with E-state index in [1.807, 2.05) is 21.6 Å². The monoisotopic (exact) mass is 335 g/mol. The van der Waals surface area contributed by atoms with Gasteiger partial charge < -0.3 is 0 Å². The summed E-state index contributed by atoms with van der Waals surface area (Å²) < 4.78 is 3.87. The van der Waals surface area contributed by atoms with E-state index in [9.17, 15) is 0 Å². The van der Waals surface area contributed by atoms with Crippen LogP contribution in [0.15, 0.2) is 55.5 Å². The molecule has 0 spiro atoms. The van der Waals surface area contributed by atoms with Gasteiger partial charge in [0.15, 0.2) is 0 Å². The first-order valence-corrected chi connectivity index (χ1v) is 8.48. The Morgan fingerprint density at radius 2 is 2.04 bits per heavy atom. The third-order valence-corrected chi connectivity index (χ3v) is 4.16. The Balaban J connectivity index is 1.65. The molecule has 0 aliphatic heterocycles. The first-order valence-electron chi connectivity index (χ1n) is 8.48. The van der Waals surface area contributed by atoms with Crippen LogP contribution in [0.3, 0.4) is 0 Å². The fraction of sp³-hybridized carbons (Fsp3) is 0.300. The van der Waals surface area contributed by atoms with Gasteiger partial charge in [0.1, 0.15) is 0 Å². The molecule has 2 heterocycles. The van der Waals surface area contributed by atoms with Gasteiger partial charge in [-0.1, -0.05) is 18.2 Å². The van der Waals surface area contributed by atoms with Gasteiger partial charge >= 0.3 is 0 Å². The number of benzene rings is 1. The van der Waals surface area contributed by atoms with Crippen molar-refractivity contribution in [1.29, 1.82) is 0 Å². The summed E-state index contributed by atoms with van der Waals surface area (Å²) in [6.45, 7) is 10.4. The van der Waals surface area contributed by atoms with E-state index in [4.69, 9.17) is 0 Å². The van der Waals surface area contributed by atoms with E-state index in [1.54, 1.807) is 0 Å². The highest BCUT2D eigenvalue weighted by Crippen LogP contribution is 2.14. The molecule has 3 rings (SSSR count). The highest BCUT2D eigenvalue weighted by molar-refractivity contribution is 5.35. The van der Waals surface area contributed by atoms with Crippen molar-refractivity contribution in [3.05, 3.63) is 77.9 Å². The summed E-state index contributed by atoms with van der Waals surface area (Å²) in [6.07, 6.45) is 8.00. The Labute approximate surface area is 149 Å². The maximum atomic E-state index is 4.51. The zero-order chi connectivity index (χ0) is 17.8. The van der Waals surface area contributed by atoms with Crippen LogP contribution < -0.4 is 0 Å². The van der Waals surface area contributed by atoms with Gasteiger partial charge in [-0.3, -0.25) is 9.58 Å². The zero-order valence-corrected chi connectivity index (χ0v) is 15.2. The molecule has 1 aromatic carbocycles. The molecule has 130 valence electrons. The van der Waals surface area contributed by atoms with E-state index in [1.165, 1.54) is 16.7 Å². The normalized spacial score (nSPS) is 11.2. The van der Waals surface area contributed by atoms with Gasteiger partial charge in [-0.05, 0) is 38.6 Å². The second kappa shape index (κ2) is 7.49. The lowest BCUT2D eigenvalue weighted by atomic mass is 10.2. The molecular formula is C20H25N5. The summed E-state index contributed by atoms with van der Waals surface area (Å²) in [5.74, 6) is 0. The average Bonchev–Trinajstić information content (AvgIpc) is 3.15. The van der Waals surface area contributed by atoms with Gasteiger partial charge in [0.2, 0.25) is 0 Å². The summed E-state index contributed by atoms with van der Waals surface area (Å²) >= 11 is 0. The quantitative estimate of drug-likeness (QED) is 0.620. The van der Waals surface area contributed by atoms with Crippen LogP contribution in [0.5, 0.6) is 0 Å². The van der Waals surface area contributed by atoms with E-state index >= 15 is 0 Å². The Bertz CT molecular complexity index is 859. The molecule has 0 atom stereocenters. The number of aryl methyl sites for hydroxylation is 2. The molecular weight excluding hydrogens is 310 g/mol. The first-order chi connectivity index (χ1) is 12.0. The Hall–Kier alpha value is -2.66. The van der Waals surface area contributed by atoms with Crippen LogP contribution in [-0.2, 0) is 19.6 Å². The third-order valence-electron chi connectivity index (χ3n) is 4.16. The molecule has 0 N–H and O–H groups in total. The number of hydrogen-bond donors (Lipinski definition) is 0. The predicted molar refractivity (Wildman–Crippen MR) is 101 cm³/mol. The Morgan fingerprint density at radius 3 is 2.80 bits per heavy atom. The lowest BCUT2D eigenvalue weighted by molar-refractivity contribution is 0.318. The molecule has 0 saturated carbocycles. The van der Waals surface area contributed by atoms with Crippen molar-refractivity contribution in [3.8, 4) is 5.69 Å². The zero-order valence-electron chi connectivity index (χ0n) is 15.2. The molecule has 5 heteroatoms. The number of allylic oxidation sites excluding steroid dienone is 1. The van der Waals surface area contributed by atoms with E-state index in [-0.39, 0.29) is 0 Å². The lowest BCUT2D eigenvalue weighted by Gasteiger charge is -2.14. The molecule has 3 aromatic rings. The van der Waals surface area contributed by atoms with Gasteiger partial charge in [-0.25, -0.2) is 4.68 Å². The molecule has 2 aromatic heterocycles.